The molecule has 29 heavy (non-hydrogen) atoms. The zero-order valence-electron chi connectivity index (χ0n) is 15.0. The topological polar surface area (TPSA) is 84.3 Å². The van der Waals surface area contributed by atoms with E-state index in [4.69, 9.17) is 0 Å². The normalized spacial score (nSPS) is 13.1. The summed E-state index contributed by atoms with van der Waals surface area (Å²) in [5, 5.41) is 19.1. The van der Waals surface area contributed by atoms with Gasteiger partial charge in [0.05, 0.1) is 30.0 Å². The van der Waals surface area contributed by atoms with Crippen LogP contribution in [-0.4, -0.2) is 41.0 Å². The Labute approximate surface area is 160 Å². The minimum absolute atomic E-state index is 0.0333. The first kappa shape index (κ1) is 22.4. The van der Waals surface area contributed by atoms with Crippen LogP contribution in [0.25, 0.3) is 11.3 Å². The Hall–Kier alpha value is -2.89. The van der Waals surface area contributed by atoms with Crippen LogP contribution in [0.15, 0.2) is 24.3 Å². The van der Waals surface area contributed by atoms with Crippen molar-refractivity contribution in [3.63, 3.8) is 0 Å². The number of methoxy groups -OCH3 is 1. The highest BCUT2D eigenvalue weighted by molar-refractivity contribution is 5.95. The fourth-order valence-electron chi connectivity index (χ4n) is 2.34. The quantitative estimate of drug-likeness (QED) is 0.563. The van der Waals surface area contributed by atoms with E-state index in [1.807, 2.05) is 0 Å². The summed E-state index contributed by atoms with van der Waals surface area (Å²) >= 11 is 0. The Morgan fingerprint density at radius 2 is 1.79 bits per heavy atom. The van der Waals surface area contributed by atoms with Gasteiger partial charge < -0.3 is 15.2 Å². The molecule has 2 rings (SSSR count). The molecular weight excluding hydrogens is 408 g/mol. The number of aliphatic hydroxyl groups excluding tert-OH is 1. The number of halogens is 6. The molecule has 1 unspecified atom stereocenters. The molecule has 0 aliphatic rings. The molecule has 0 aliphatic heterocycles. The second kappa shape index (κ2) is 8.23. The van der Waals surface area contributed by atoms with Gasteiger partial charge in [-0.1, -0.05) is 6.07 Å². The maximum atomic E-state index is 13.4. The van der Waals surface area contributed by atoms with Crippen molar-refractivity contribution in [2.75, 3.05) is 19.0 Å². The summed E-state index contributed by atoms with van der Waals surface area (Å²) in [4.78, 5) is 12.0. The molecule has 0 saturated carbocycles. The first-order chi connectivity index (χ1) is 13.3. The van der Waals surface area contributed by atoms with Gasteiger partial charge in [-0.05, 0) is 25.1 Å². The van der Waals surface area contributed by atoms with E-state index in [1.54, 1.807) is 0 Å². The molecule has 158 valence electrons. The van der Waals surface area contributed by atoms with Crippen LogP contribution in [0, 0.1) is 0 Å². The lowest BCUT2D eigenvalue weighted by Gasteiger charge is -2.16. The molecule has 0 amide bonds. The van der Waals surface area contributed by atoms with Gasteiger partial charge in [-0.3, -0.25) is 0 Å². The Balaban J connectivity index is 2.63. The number of hydrogen-bond donors (Lipinski definition) is 2. The predicted octanol–water partition coefficient (Wildman–Crippen LogP) is 3.76. The number of esters is 1. The molecular formula is C17H15F6N3O3. The monoisotopic (exact) mass is 423 g/mol. The number of benzene rings is 1. The number of anilines is 1. The molecule has 0 aliphatic carbocycles. The van der Waals surface area contributed by atoms with Crippen LogP contribution in [0.1, 0.15) is 28.4 Å². The average Bonchev–Trinajstić information content (AvgIpc) is 2.63. The molecule has 0 fully saturated rings. The van der Waals surface area contributed by atoms with E-state index in [0.29, 0.717) is 12.1 Å². The number of carbonyl (C=O) groups is 1. The van der Waals surface area contributed by atoms with Crippen LogP contribution in [0.5, 0.6) is 0 Å². The van der Waals surface area contributed by atoms with Crippen LogP contribution in [0.3, 0.4) is 0 Å². The van der Waals surface area contributed by atoms with Crippen molar-refractivity contribution in [2.24, 2.45) is 0 Å². The van der Waals surface area contributed by atoms with Crippen molar-refractivity contribution in [1.82, 2.24) is 10.2 Å². The van der Waals surface area contributed by atoms with Crippen LogP contribution in [0.2, 0.25) is 0 Å². The largest absolute Gasteiger partial charge is 0.465 e. The zero-order chi connectivity index (χ0) is 22.0. The van der Waals surface area contributed by atoms with Gasteiger partial charge in [-0.25, -0.2) is 4.79 Å². The lowest BCUT2D eigenvalue weighted by Crippen LogP contribution is -2.19. The first-order valence-electron chi connectivity index (χ1n) is 8.01. The summed E-state index contributed by atoms with van der Waals surface area (Å²) in [5.41, 5.74) is -4.53. The molecule has 6 nitrogen and oxygen atoms in total. The number of hydrogen-bond acceptors (Lipinski definition) is 6. The highest BCUT2D eigenvalue weighted by Crippen LogP contribution is 2.40. The molecule has 1 atom stereocenters. The Morgan fingerprint density at radius 1 is 1.14 bits per heavy atom. The van der Waals surface area contributed by atoms with Crippen LogP contribution >= 0.6 is 0 Å². The number of carbonyl (C=O) groups excluding carboxylic acids is 1. The third kappa shape index (κ3) is 5.34. The van der Waals surface area contributed by atoms with E-state index in [0.717, 1.165) is 13.2 Å². The van der Waals surface area contributed by atoms with Crippen molar-refractivity contribution >= 4 is 11.8 Å². The summed E-state index contributed by atoms with van der Waals surface area (Å²) in [6, 6.07) is 1.97. The maximum Gasteiger partial charge on any atom is 0.417 e. The SMILES string of the molecule is COC(=O)c1cc(-c2ccc(C(F)(F)F)cc2C(F)(F)F)nnc1NCC(C)O. The average molecular weight is 423 g/mol. The van der Waals surface area contributed by atoms with Crippen LogP contribution < -0.4 is 5.32 Å². The summed E-state index contributed by atoms with van der Waals surface area (Å²) < 4.78 is 83.1. The Kier molecular flexibility index (Phi) is 6.36. The smallest absolute Gasteiger partial charge is 0.417 e. The minimum Gasteiger partial charge on any atom is -0.465 e. The highest BCUT2D eigenvalue weighted by Gasteiger charge is 2.38. The summed E-state index contributed by atoms with van der Waals surface area (Å²) in [5.74, 6) is -1.13. The number of aromatic nitrogens is 2. The van der Waals surface area contributed by atoms with Gasteiger partial charge >= 0.3 is 18.3 Å². The zero-order valence-corrected chi connectivity index (χ0v) is 15.0. The summed E-state index contributed by atoms with van der Waals surface area (Å²) in [6.07, 6.45) is -10.9. The lowest BCUT2D eigenvalue weighted by molar-refractivity contribution is -0.142. The Bertz CT molecular complexity index is 897. The van der Waals surface area contributed by atoms with Gasteiger partial charge in [0.15, 0.2) is 5.82 Å². The highest BCUT2D eigenvalue weighted by atomic mass is 19.4. The van der Waals surface area contributed by atoms with Crippen LogP contribution in [-0.2, 0) is 17.1 Å². The van der Waals surface area contributed by atoms with Crippen molar-refractivity contribution in [3.05, 3.63) is 41.0 Å². The van der Waals surface area contributed by atoms with Gasteiger partial charge in [0.25, 0.3) is 0 Å². The molecule has 2 aromatic rings. The van der Waals surface area contributed by atoms with Gasteiger partial charge in [0, 0.05) is 12.1 Å². The predicted molar refractivity (Wildman–Crippen MR) is 89.0 cm³/mol. The molecule has 1 aromatic heterocycles. The fraction of sp³-hybridized carbons (Fsp3) is 0.353. The van der Waals surface area contributed by atoms with E-state index < -0.39 is 46.8 Å². The lowest BCUT2D eigenvalue weighted by atomic mass is 9.99. The van der Waals surface area contributed by atoms with E-state index >= 15 is 0 Å². The molecule has 0 spiro atoms. The molecule has 1 heterocycles. The second-order valence-electron chi connectivity index (χ2n) is 5.97. The van der Waals surface area contributed by atoms with Gasteiger partial charge in [0.1, 0.15) is 5.56 Å². The molecule has 2 N–H and O–H groups in total. The van der Waals surface area contributed by atoms with Gasteiger partial charge in [0.2, 0.25) is 0 Å². The third-order valence-corrected chi connectivity index (χ3v) is 3.69. The maximum absolute atomic E-state index is 13.4. The van der Waals surface area contributed by atoms with E-state index in [-0.39, 0.29) is 24.0 Å². The van der Waals surface area contributed by atoms with Gasteiger partial charge in [-0.15, -0.1) is 10.2 Å². The third-order valence-electron chi connectivity index (χ3n) is 3.69. The number of nitrogens with one attached hydrogen (secondary N) is 1. The molecule has 0 bridgehead atoms. The Morgan fingerprint density at radius 3 is 2.31 bits per heavy atom. The number of alkyl halides is 6. The van der Waals surface area contributed by atoms with Gasteiger partial charge in [-0.2, -0.15) is 26.3 Å². The molecule has 12 heteroatoms. The van der Waals surface area contributed by atoms with Crippen molar-refractivity contribution in [3.8, 4) is 11.3 Å². The van der Waals surface area contributed by atoms with Crippen molar-refractivity contribution in [1.29, 1.82) is 0 Å². The number of aliphatic hydroxyl groups is 1. The van der Waals surface area contributed by atoms with Crippen molar-refractivity contribution < 1.29 is 41.0 Å². The standard InChI is InChI=1S/C17H15F6N3O3/c1-8(27)7-24-14-11(15(28)29-2)6-13(25-26-14)10-4-3-9(16(18,19)20)5-12(10)17(21,22)23/h3-6,8,27H,7H2,1-2H3,(H,24,26). The first-order valence-corrected chi connectivity index (χ1v) is 8.01. The van der Waals surface area contributed by atoms with Crippen molar-refractivity contribution in [2.45, 2.75) is 25.4 Å². The van der Waals surface area contributed by atoms with E-state index in [9.17, 15) is 36.2 Å². The molecule has 0 saturated heterocycles. The second-order valence-corrected chi connectivity index (χ2v) is 5.97. The van der Waals surface area contributed by atoms with E-state index in [1.165, 1.54) is 6.92 Å². The summed E-state index contributed by atoms with van der Waals surface area (Å²) in [6.45, 7) is 1.39. The number of ether oxygens (including phenoxy) is 1. The number of rotatable bonds is 5. The number of nitrogens with zero attached hydrogens (tertiary/aromatic N) is 2. The molecule has 1 aromatic carbocycles. The molecule has 0 radical (unpaired) electrons. The van der Waals surface area contributed by atoms with E-state index in [2.05, 4.69) is 20.3 Å². The minimum atomic E-state index is -5.12. The summed E-state index contributed by atoms with van der Waals surface area (Å²) in [7, 11) is 1.03. The fourth-order valence-corrected chi connectivity index (χ4v) is 2.34. The van der Waals surface area contributed by atoms with Crippen LogP contribution in [0.4, 0.5) is 32.2 Å².